The van der Waals surface area contributed by atoms with Crippen molar-refractivity contribution >= 4 is 33.0 Å². The normalized spacial score (nSPS) is 11.6. The summed E-state index contributed by atoms with van der Waals surface area (Å²) in [7, 11) is -2.79. The zero-order valence-corrected chi connectivity index (χ0v) is 30.9. The quantitative estimate of drug-likeness (QED) is 0.244. The van der Waals surface area contributed by atoms with E-state index < -0.39 is 33.0 Å². The van der Waals surface area contributed by atoms with Gasteiger partial charge >= 0.3 is 23.1 Å². The van der Waals surface area contributed by atoms with Gasteiger partial charge in [-0.1, -0.05) is 117 Å². The summed E-state index contributed by atoms with van der Waals surface area (Å²) in [5.41, 5.74) is 0.461. The van der Waals surface area contributed by atoms with E-state index >= 15 is 0 Å². The molecule has 0 aliphatic carbocycles. The van der Waals surface area contributed by atoms with E-state index in [2.05, 4.69) is 111 Å². The van der Waals surface area contributed by atoms with Crippen molar-refractivity contribution in [1.82, 2.24) is 0 Å². The zero-order valence-electron chi connectivity index (χ0n) is 28.5. The van der Waals surface area contributed by atoms with Crippen molar-refractivity contribution in [1.29, 1.82) is 0 Å². The number of hydrogen-bond donors (Lipinski definition) is 0. The van der Waals surface area contributed by atoms with Crippen LogP contribution in [0.1, 0.15) is 124 Å². The lowest BCUT2D eigenvalue weighted by Crippen LogP contribution is -2.29. The molecule has 0 unspecified atom stereocenters. The van der Waals surface area contributed by atoms with Crippen LogP contribution in [-0.4, -0.2) is 37.3 Å². The molecule has 0 aromatic heterocycles. The van der Waals surface area contributed by atoms with Gasteiger partial charge in [0.25, 0.3) is 0 Å². The van der Waals surface area contributed by atoms with Gasteiger partial charge in [-0.2, -0.15) is 16.8 Å². The summed E-state index contributed by atoms with van der Waals surface area (Å²) in [5, 5.41) is 0. The minimum Gasteiger partial charge on any atom is -0.229 e. The smallest absolute Gasteiger partial charge is 0.229 e. The summed E-state index contributed by atoms with van der Waals surface area (Å²) in [6, 6.07) is 0. The second-order valence-corrected chi connectivity index (χ2v) is 16.2. The van der Waals surface area contributed by atoms with E-state index in [1.807, 2.05) is 0 Å². The van der Waals surface area contributed by atoms with Gasteiger partial charge in [0.2, 0.25) is 0 Å². The molecular weight excluding hydrogens is 553 g/mol. The third-order valence-corrected chi connectivity index (χ3v) is 8.13. The Morgan fingerprint density at radius 1 is 0.564 bits per heavy atom. The number of sulfone groups is 1. The molecule has 39 heavy (non-hydrogen) atoms. The molecule has 0 radical (unpaired) electrons. The molecule has 0 atom stereocenters. The van der Waals surface area contributed by atoms with Crippen LogP contribution >= 0.6 is 0 Å². The summed E-state index contributed by atoms with van der Waals surface area (Å²) in [6.45, 7) is 36.5. The van der Waals surface area contributed by atoms with Gasteiger partial charge in [0, 0.05) is 6.26 Å². The molecule has 0 saturated heterocycles. The lowest BCUT2D eigenvalue weighted by Gasteiger charge is -2.37. The molecule has 0 N–H and O–H groups in total. The molecule has 0 aromatic rings. The fraction of sp³-hybridized carbons (Fsp3) is 1.00. The van der Waals surface area contributed by atoms with E-state index in [1.165, 1.54) is 12.7 Å². The van der Waals surface area contributed by atoms with Gasteiger partial charge < -0.3 is 0 Å². The number of rotatable bonds is 10. The monoisotopic (exact) mass is 618 g/mol. The van der Waals surface area contributed by atoms with Crippen molar-refractivity contribution in [2.24, 2.45) is 58.7 Å². The molecule has 0 heterocycles. The standard InChI is InChI=1S/C11H24.C10H22O2S.C9H20.2O2S/c1-8(2)10(9(3)4)11(5,6)7;1-8(2)10(9(3)4)6-7-13(5,11)12;1-6-9(7(2)3)8(4)5;2*1-3-2/h8-10H,1-7H3;8-10H,6-7H2,1-5H3;7-9H,6H2,1-5H3;;. The van der Waals surface area contributed by atoms with E-state index in [9.17, 15) is 8.42 Å². The first kappa shape index (κ1) is 48.3. The van der Waals surface area contributed by atoms with Gasteiger partial charge in [0.05, 0.1) is 5.75 Å². The molecule has 240 valence electrons. The first-order valence-electron chi connectivity index (χ1n) is 14.4. The Morgan fingerprint density at radius 3 is 0.897 bits per heavy atom. The fourth-order valence-electron chi connectivity index (χ4n) is 6.27. The Labute approximate surface area is 251 Å². The van der Waals surface area contributed by atoms with E-state index in [0.717, 1.165) is 41.9 Å². The van der Waals surface area contributed by atoms with Crippen molar-refractivity contribution in [2.45, 2.75) is 124 Å². The van der Waals surface area contributed by atoms with Crippen molar-refractivity contribution in [3.8, 4) is 0 Å². The Hall–Kier alpha value is -0.410. The summed E-state index contributed by atoms with van der Waals surface area (Å²) in [5.74, 6) is 7.06. The molecule has 0 fully saturated rings. The minimum atomic E-state index is -2.79. The van der Waals surface area contributed by atoms with Crippen molar-refractivity contribution < 1.29 is 25.3 Å². The Bertz CT molecular complexity index is 688. The van der Waals surface area contributed by atoms with Crippen LogP contribution in [0.4, 0.5) is 0 Å². The maximum absolute atomic E-state index is 11.0. The van der Waals surface area contributed by atoms with E-state index in [4.69, 9.17) is 16.8 Å². The number of hydrogen-bond acceptors (Lipinski definition) is 6. The van der Waals surface area contributed by atoms with Crippen LogP contribution in [0.3, 0.4) is 0 Å². The van der Waals surface area contributed by atoms with Crippen LogP contribution in [0.25, 0.3) is 0 Å². The summed E-state index contributed by atoms with van der Waals surface area (Å²) in [6.07, 6.45) is 3.44. The molecule has 0 aliphatic rings. The van der Waals surface area contributed by atoms with Gasteiger partial charge in [-0.05, 0) is 65.1 Å². The van der Waals surface area contributed by atoms with Crippen molar-refractivity contribution in [3.63, 3.8) is 0 Å². The van der Waals surface area contributed by atoms with Crippen LogP contribution < -0.4 is 0 Å². The predicted molar refractivity (Wildman–Crippen MR) is 171 cm³/mol. The lowest BCUT2D eigenvalue weighted by molar-refractivity contribution is 0.124. The predicted octanol–water partition coefficient (Wildman–Crippen LogP) is 8.29. The molecule has 0 bridgehead atoms. The van der Waals surface area contributed by atoms with Crippen LogP contribution in [0.15, 0.2) is 0 Å². The van der Waals surface area contributed by atoms with Crippen LogP contribution in [0, 0.1) is 58.7 Å². The highest BCUT2D eigenvalue weighted by atomic mass is 32.2. The van der Waals surface area contributed by atoms with Crippen LogP contribution in [-0.2, 0) is 33.0 Å². The molecule has 0 aliphatic heterocycles. The topological polar surface area (TPSA) is 102 Å². The zero-order chi connectivity index (χ0) is 32.7. The lowest BCUT2D eigenvalue weighted by atomic mass is 9.69. The van der Waals surface area contributed by atoms with Crippen LogP contribution in [0.5, 0.6) is 0 Å². The molecule has 6 nitrogen and oxygen atoms in total. The van der Waals surface area contributed by atoms with E-state index in [1.54, 1.807) is 0 Å². The SMILES string of the molecule is CC(C)C(C(C)C)C(C)(C)C.CC(C)C(CCS(C)(=O)=O)C(C)C.CCC(C(C)C)C(C)C.O=S=O.O=S=O. The second kappa shape index (κ2) is 26.5. The highest BCUT2D eigenvalue weighted by molar-refractivity contribution is 7.90. The molecule has 0 amide bonds. The minimum absolute atomic E-state index is 0.327. The Morgan fingerprint density at radius 2 is 0.821 bits per heavy atom. The first-order valence-corrected chi connectivity index (χ1v) is 17.8. The molecule has 0 saturated carbocycles. The summed E-state index contributed by atoms with van der Waals surface area (Å²) < 4.78 is 55.1. The maximum Gasteiger partial charge on any atom is 0.335 e. The largest absolute Gasteiger partial charge is 0.335 e. The van der Waals surface area contributed by atoms with Gasteiger partial charge in [-0.3, -0.25) is 0 Å². The van der Waals surface area contributed by atoms with Crippen molar-refractivity contribution in [3.05, 3.63) is 0 Å². The average molecular weight is 619 g/mol. The van der Waals surface area contributed by atoms with Gasteiger partial charge in [0.15, 0.2) is 0 Å². The highest BCUT2D eigenvalue weighted by Crippen LogP contribution is 2.37. The maximum atomic E-state index is 11.0. The van der Waals surface area contributed by atoms with Gasteiger partial charge in [-0.25, -0.2) is 8.42 Å². The van der Waals surface area contributed by atoms with Gasteiger partial charge in [-0.15, -0.1) is 0 Å². The first-order chi connectivity index (χ1) is 17.4. The third kappa shape index (κ3) is 33.7. The van der Waals surface area contributed by atoms with Gasteiger partial charge in [0.1, 0.15) is 9.84 Å². The average Bonchev–Trinajstić information content (AvgIpc) is 2.66. The van der Waals surface area contributed by atoms with Crippen LogP contribution in [0.2, 0.25) is 0 Å². The Kier molecular flexibility index (Phi) is 32.8. The second-order valence-electron chi connectivity index (χ2n) is 13.6. The highest BCUT2D eigenvalue weighted by Gasteiger charge is 2.29. The van der Waals surface area contributed by atoms with Crippen molar-refractivity contribution in [2.75, 3.05) is 12.0 Å². The Balaban J connectivity index is -0.000000136. The molecule has 0 spiro atoms. The van der Waals surface area contributed by atoms with E-state index in [0.29, 0.717) is 28.9 Å². The summed E-state index contributed by atoms with van der Waals surface area (Å²) >= 11 is -1.50. The molecule has 9 heteroatoms. The van der Waals surface area contributed by atoms with E-state index in [-0.39, 0.29) is 0 Å². The molecule has 0 aromatic carbocycles. The third-order valence-electron chi connectivity index (χ3n) is 7.16. The summed E-state index contributed by atoms with van der Waals surface area (Å²) in [4.78, 5) is 0. The fourth-order valence-corrected chi connectivity index (χ4v) is 6.97. The molecule has 0 rings (SSSR count). The molecular formula is C30H66O6S3.